The van der Waals surface area contributed by atoms with Gasteiger partial charge in [-0.1, -0.05) is 49.2 Å². The molecule has 0 saturated heterocycles. The molecular weight excluding hydrogens is 302 g/mol. The van der Waals surface area contributed by atoms with Crippen molar-refractivity contribution in [3.05, 3.63) is 28.2 Å². The van der Waals surface area contributed by atoms with E-state index in [-0.39, 0.29) is 0 Å². The third kappa shape index (κ3) is 4.81. The molecule has 0 heterocycles. The van der Waals surface area contributed by atoms with Crippen LogP contribution < -0.4 is 10.1 Å². The molecule has 3 heteroatoms. The smallest absolute Gasteiger partial charge is 0.120 e. The second-order valence-corrected chi connectivity index (χ2v) is 5.79. The highest BCUT2D eigenvalue weighted by molar-refractivity contribution is 9.10. The van der Waals surface area contributed by atoms with Gasteiger partial charge in [0.1, 0.15) is 5.75 Å². The summed E-state index contributed by atoms with van der Waals surface area (Å²) in [5.74, 6) is 1.54. The lowest BCUT2D eigenvalue weighted by Gasteiger charge is -2.26. The molecule has 0 radical (unpaired) electrons. The van der Waals surface area contributed by atoms with Gasteiger partial charge in [0, 0.05) is 10.5 Å². The van der Waals surface area contributed by atoms with Crippen LogP contribution in [0.2, 0.25) is 0 Å². The molecule has 19 heavy (non-hydrogen) atoms. The van der Waals surface area contributed by atoms with Gasteiger partial charge < -0.3 is 10.1 Å². The lowest BCUT2D eigenvalue weighted by atomic mass is 9.92. The first-order chi connectivity index (χ1) is 9.13. The van der Waals surface area contributed by atoms with E-state index in [2.05, 4.69) is 60.2 Å². The van der Waals surface area contributed by atoms with Gasteiger partial charge in [0.2, 0.25) is 0 Å². The predicted octanol–water partition coefficient (Wildman–Crippen LogP) is 4.93. The molecule has 1 aromatic carbocycles. The number of benzene rings is 1. The molecule has 1 aromatic rings. The van der Waals surface area contributed by atoms with Crippen molar-refractivity contribution in [2.75, 3.05) is 13.2 Å². The largest absolute Gasteiger partial charge is 0.494 e. The average Bonchev–Trinajstić information content (AvgIpc) is 2.41. The highest BCUT2D eigenvalue weighted by Gasteiger charge is 2.19. The van der Waals surface area contributed by atoms with Crippen LogP contribution in [0.5, 0.6) is 5.75 Å². The molecule has 108 valence electrons. The van der Waals surface area contributed by atoms with E-state index in [1.165, 1.54) is 12.0 Å². The van der Waals surface area contributed by atoms with Crippen molar-refractivity contribution in [3.63, 3.8) is 0 Å². The second kappa shape index (κ2) is 8.60. The van der Waals surface area contributed by atoms with Crippen molar-refractivity contribution in [3.8, 4) is 5.75 Å². The fourth-order valence-electron chi connectivity index (χ4n) is 2.17. The summed E-state index contributed by atoms with van der Waals surface area (Å²) in [5, 5.41) is 3.66. The first-order valence-electron chi connectivity index (χ1n) is 7.29. The topological polar surface area (TPSA) is 21.3 Å². The quantitative estimate of drug-likeness (QED) is 0.730. The monoisotopic (exact) mass is 327 g/mol. The van der Waals surface area contributed by atoms with E-state index in [1.54, 1.807) is 0 Å². The van der Waals surface area contributed by atoms with E-state index >= 15 is 0 Å². The van der Waals surface area contributed by atoms with Crippen LogP contribution in [0.25, 0.3) is 0 Å². The van der Waals surface area contributed by atoms with Gasteiger partial charge in [0.25, 0.3) is 0 Å². The number of halogens is 1. The second-order valence-electron chi connectivity index (χ2n) is 4.93. The first-order valence-corrected chi connectivity index (χ1v) is 8.08. The van der Waals surface area contributed by atoms with Crippen LogP contribution in [0.3, 0.4) is 0 Å². The molecule has 0 aliphatic carbocycles. The Kier molecular flexibility index (Phi) is 7.47. The number of rotatable bonds is 8. The summed E-state index contributed by atoms with van der Waals surface area (Å²) in [6.45, 7) is 10.5. The Balaban J connectivity index is 2.94. The van der Waals surface area contributed by atoms with E-state index in [1.807, 2.05) is 6.92 Å². The molecule has 2 unspecified atom stereocenters. The van der Waals surface area contributed by atoms with E-state index in [4.69, 9.17) is 4.74 Å². The fraction of sp³-hybridized carbons (Fsp3) is 0.625. The molecule has 0 aliphatic rings. The molecule has 0 aromatic heterocycles. The molecule has 2 nitrogen and oxygen atoms in total. The summed E-state index contributed by atoms with van der Waals surface area (Å²) in [6, 6.07) is 6.71. The molecule has 0 fully saturated rings. The van der Waals surface area contributed by atoms with Gasteiger partial charge >= 0.3 is 0 Å². The SMILES string of the molecule is CCCNC(c1ccc(OCC)cc1Br)C(C)CC. The summed E-state index contributed by atoms with van der Waals surface area (Å²) in [7, 11) is 0. The summed E-state index contributed by atoms with van der Waals surface area (Å²) >= 11 is 3.69. The van der Waals surface area contributed by atoms with Crippen molar-refractivity contribution >= 4 is 15.9 Å². The third-order valence-electron chi connectivity index (χ3n) is 3.45. The minimum Gasteiger partial charge on any atom is -0.494 e. The summed E-state index contributed by atoms with van der Waals surface area (Å²) < 4.78 is 6.67. The molecule has 2 atom stereocenters. The van der Waals surface area contributed by atoms with Crippen LogP contribution in [-0.4, -0.2) is 13.2 Å². The van der Waals surface area contributed by atoms with E-state index in [0.29, 0.717) is 18.6 Å². The number of ether oxygens (including phenoxy) is 1. The zero-order valence-corrected chi connectivity index (χ0v) is 14.1. The molecule has 0 bridgehead atoms. The highest BCUT2D eigenvalue weighted by Crippen LogP contribution is 2.32. The Morgan fingerprint density at radius 1 is 1.26 bits per heavy atom. The zero-order chi connectivity index (χ0) is 14.3. The maximum Gasteiger partial charge on any atom is 0.120 e. The van der Waals surface area contributed by atoms with Crippen molar-refractivity contribution in [2.24, 2.45) is 5.92 Å². The van der Waals surface area contributed by atoms with Gasteiger partial charge in [-0.25, -0.2) is 0 Å². The Bertz CT molecular complexity index is 381. The standard InChI is InChI=1S/C16H26BrNO/c1-5-10-18-16(12(4)6-2)14-9-8-13(19-7-3)11-15(14)17/h8-9,11-12,16,18H,5-7,10H2,1-4H3. The van der Waals surface area contributed by atoms with Crippen LogP contribution in [0, 0.1) is 5.92 Å². The van der Waals surface area contributed by atoms with Crippen LogP contribution in [0.4, 0.5) is 0 Å². The Morgan fingerprint density at radius 3 is 2.53 bits per heavy atom. The maximum absolute atomic E-state index is 5.54. The summed E-state index contributed by atoms with van der Waals surface area (Å²) in [4.78, 5) is 0. The summed E-state index contributed by atoms with van der Waals surface area (Å²) in [5.41, 5.74) is 1.33. The normalized spacial score (nSPS) is 14.2. The van der Waals surface area contributed by atoms with Crippen LogP contribution in [0.1, 0.15) is 52.1 Å². The minimum absolute atomic E-state index is 0.398. The lowest BCUT2D eigenvalue weighted by Crippen LogP contribution is -2.27. The van der Waals surface area contributed by atoms with Crippen LogP contribution in [-0.2, 0) is 0 Å². The molecule has 0 amide bonds. The van der Waals surface area contributed by atoms with Gasteiger partial charge in [-0.15, -0.1) is 0 Å². The Morgan fingerprint density at radius 2 is 2.00 bits per heavy atom. The molecule has 1 rings (SSSR count). The van der Waals surface area contributed by atoms with Crippen molar-refractivity contribution in [1.82, 2.24) is 5.32 Å². The van der Waals surface area contributed by atoms with E-state index in [0.717, 1.165) is 23.2 Å². The van der Waals surface area contributed by atoms with Crippen molar-refractivity contribution in [2.45, 2.75) is 46.6 Å². The third-order valence-corrected chi connectivity index (χ3v) is 4.13. The predicted molar refractivity (Wildman–Crippen MR) is 85.8 cm³/mol. The van der Waals surface area contributed by atoms with Crippen molar-refractivity contribution in [1.29, 1.82) is 0 Å². The molecule has 0 aliphatic heterocycles. The van der Waals surface area contributed by atoms with E-state index < -0.39 is 0 Å². The number of hydrogen-bond donors (Lipinski definition) is 1. The highest BCUT2D eigenvalue weighted by atomic mass is 79.9. The molecule has 1 N–H and O–H groups in total. The van der Waals surface area contributed by atoms with Gasteiger partial charge in [0.05, 0.1) is 6.61 Å². The minimum atomic E-state index is 0.398. The molecular formula is C16H26BrNO. The molecule has 0 spiro atoms. The Labute approximate surface area is 126 Å². The van der Waals surface area contributed by atoms with Crippen LogP contribution >= 0.6 is 15.9 Å². The van der Waals surface area contributed by atoms with Gasteiger partial charge in [-0.05, 0) is 43.5 Å². The van der Waals surface area contributed by atoms with Gasteiger partial charge in [-0.3, -0.25) is 0 Å². The van der Waals surface area contributed by atoms with Crippen molar-refractivity contribution < 1.29 is 4.74 Å². The zero-order valence-electron chi connectivity index (χ0n) is 12.5. The van der Waals surface area contributed by atoms with E-state index in [9.17, 15) is 0 Å². The van der Waals surface area contributed by atoms with Crippen LogP contribution in [0.15, 0.2) is 22.7 Å². The lowest BCUT2D eigenvalue weighted by molar-refractivity contribution is 0.338. The summed E-state index contributed by atoms with van der Waals surface area (Å²) in [6.07, 6.45) is 2.32. The van der Waals surface area contributed by atoms with Gasteiger partial charge in [0.15, 0.2) is 0 Å². The van der Waals surface area contributed by atoms with Gasteiger partial charge in [-0.2, -0.15) is 0 Å². The number of nitrogens with one attached hydrogen (secondary N) is 1. The fourth-order valence-corrected chi connectivity index (χ4v) is 2.77. The first kappa shape index (κ1) is 16.5. The maximum atomic E-state index is 5.54. The Hall–Kier alpha value is -0.540. The molecule has 0 saturated carbocycles. The number of hydrogen-bond acceptors (Lipinski definition) is 2. The average molecular weight is 328 g/mol.